The lowest BCUT2D eigenvalue weighted by Crippen LogP contribution is -2.25. The molecule has 1 aliphatic heterocycles. The molecule has 3 heterocycles. The molecular formula is C24H22FN5O2. The first-order valence-electron chi connectivity index (χ1n) is 10.3. The first-order valence-corrected chi connectivity index (χ1v) is 10.3. The number of aromatic hydroxyl groups is 1. The van der Waals surface area contributed by atoms with Gasteiger partial charge in [0.15, 0.2) is 17.3 Å². The van der Waals surface area contributed by atoms with Gasteiger partial charge in [-0.05, 0) is 48.0 Å². The minimum absolute atomic E-state index is 0.0317. The number of phenolic OH excluding ortho intramolecular Hbond substituents is 1. The zero-order valence-corrected chi connectivity index (χ0v) is 17.4. The first-order chi connectivity index (χ1) is 15.6. The van der Waals surface area contributed by atoms with Crippen molar-refractivity contribution >= 4 is 17.7 Å². The lowest BCUT2D eigenvalue weighted by atomic mass is 9.96. The number of nitrogens with zero attached hydrogens (tertiary/aromatic N) is 3. The second kappa shape index (κ2) is 8.41. The van der Waals surface area contributed by atoms with Crippen LogP contribution < -0.4 is 15.6 Å². The zero-order valence-electron chi connectivity index (χ0n) is 17.4. The van der Waals surface area contributed by atoms with Crippen LogP contribution in [0.2, 0.25) is 0 Å². The van der Waals surface area contributed by atoms with Gasteiger partial charge in [-0.2, -0.15) is 0 Å². The number of hydrogen-bond acceptors (Lipinski definition) is 6. The molecule has 8 heteroatoms. The molecule has 0 radical (unpaired) electrons. The molecule has 2 atom stereocenters. The van der Waals surface area contributed by atoms with Crippen molar-refractivity contribution in [1.29, 1.82) is 0 Å². The quantitative estimate of drug-likeness (QED) is 0.416. The second-order valence-electron chi connectivity index (χ2n) is 7.60. The second-order valence-corrected chi connectivity index (χ2v) is 7.60. The van der Waals surface area contributed by atoms with Crippen molar-refractivity contribution in [2.75, 3.05) is 13.7 Å². The smallest absolute Gasteiger partial charge is 0.164 e. The Morgan fingerprint density at radius 2 is 2.03 bits per heavy atom. The number of methoxy groups -OCH3 is 1. The van der Waals surface area contributed by atoms with Crippen molar-refractivity contribution in [3.8, 4) is 22.8 Å². The van der Waals surface area contributed by atoms with Crippen molar-refractivity contribution in [1.82, 2.24) is 20.2 Å². The summed E-state index contributed by atoms with van der Waals surface area (Å²) in [6.45, 7) is 0.685. The summed E-state index contributed by atoms with van der Waals surface area (Å²) >= 11 is 0. The van der Waals surface area contributed by atoms with E-state index in [1.165, 1.54) is 19.2 Å². The number of rotatable bonds is 5. The topological polar surface area (TPSA) is 83.2 Å². The molecule has 5 rings (SSSR count). The summed E-state index contributed by atoms with van der Waals surface area (Å²) in [5, 5.41) is 9.97. The zero-order chi connectivity index (χ0) is 22.1. The number of halogens is 1. The number of aromatic nitrogens is 2. The maximum atomic E-state index is 13.3. The summed E-state index contributed by atoms with van der Waals surface area (Å²) < 4.78 is 20.5. The molecule has 0 amide bonds. The summed E-state index contributed by atoms with van der Waals surface area (Å²) in [4.78, 5) is 9.60. The summed E-state index contributed by atoms with van der Waals surface area (Å²) in [6.07, 6.45) is 3.82. The molecule has 162 valence electrons. The highest BCUT2D eigenvalue weighted by Crippen LogP contribution is 2.36. The van der Waals surface area contributed by atoms with Crippen molar-refractivity contribution < 1.29 is 14.2 Å². The predicted octanol–water partition coefficient (Wildman–Crippen LogP) is 4.02. The standard InChI is InChI=1S/C24H22FN5O2/c1-32-20-12-16(7-10-19(20)31)23-24(30-11-3-2-4-21(30)28-23)26-13-17-14-27-29-22(17)15-5-8-18(25)9-6-15/h2-13,17,22,27,29,31H,14H2,1H3/b26-13+. The van der Waals surface area contributed by atoms with Gasteiger partial charge in [-0.3, -0.25) is 9.83 Å². The largest absolute Gasteiger partial charge is 0.504 e. The van der Waals surface area contributed by atoms with E-state index < -0.39 is 0 Å². The Hall–Kier alpha value is -3.75. The van der Waals surface area contributed by atoms with Crippen molar-refractivity contribution in [2.24, 2.45) is 10.9 Å². The fraction of sp³-hybridized carbons (Fsp3) is 0.167. The molecule has 0 aliphatic carbocycles. The SMILES string of the molecule is COc1cc(-c2nc3ccccn3c2/N=C/C2CNNC2c2ccc(F)cc2)ccc1O. The Balaban J connectivity index is 1.54. The number of hydrogen-bond donors (Lipinski definition) is 3. The van der Waals surface area contributed by atoms with Crippen molar-refractivity contribution in [2.45, 2.75) is 6.04 Å². The summed E-state index contributed by atoms with van der Waals surface area (Å²) in [6, 6.07) is 17.3. The minimum Gasteiger partial charge on any atom is -0.504 e. The van der Waals surface area contributed by atoms with Gasteiger partial charge < -0.3 is 9.84 Å². The van der Waals surface area contributed by atoms with Crippen LogP contribution >= 0.6 is 0 Å². The molecule has 4 aromatic rings. The molecule has 0 saturated carbocycles. The highest BCUT2D eigenvalue weighted by atomic mass is 19.1. The van der Waals surface area contributed by atoms with Crippen LogP contribution in [0.1, 0.15) is 11.6 Å². The van der Waals surface area contributed by atoms with Crippen LogP contribution in [0.25, 0.3) is 16.9 Å². The molecule has 0 spiro atoms. The average molecular weight is 431 g/mol. The van der Waals surface area contributed by atoms with Gasteiger partial charge in [0.1, 0.15) is 17.2 Å². The van der Waals surface area contributed by atoms with E-state index in [-0.39, 0.29) is 23.5 Å². The van der Waals surface area contributed by atoms with Crippen LogP contribution in [-0.2, 0) is 0 Å². The molecule has 1 aliphatic rings. The Labute approximate surface area is 184 Å². The number of benzene rings is 2. The maximum absolute atomic E-state index is 13.3. The number of ether oxygens (including phenoxy) is 1. The van der Waals surface area contributed by atoms with E-state index in [2.05, 4.69) is 10.9 Å². The number of pyridine rings is 1. The van der Waals surface area contributed by atoms with E-state index in [4.69, 9.17) is 14.7 Å². The van der Waals surface area contributed by atoms with E-state index in [0.29, 0.717) is 23.8 Å². The Morgan fingerprint density at radius 1 is 1.19 bits per heavy atom. The number of aliphatic imine (C=N–C) groups is 1. The lowest BCUT2D eigenvalue weighted by Gasteiger charge is -2.15. The fourth-order valence-electron chi connectivity index (χ4n) is 3.94. The summed E-state index contributed by atoms with van der Waals surface area (Å²) in [7, 11) is 1.51. The van der Waals surface area contributed by atoms with Crippen LogP contribution in [0.5, 0.6) is 11.5 Å². The molecule has 1 saturated heterocycles. The van der Waals surface area contributed by atoms with Crippen LogP contribution in [0.4, 0.5) is 10.2 Å². The number of nitrogens with one attached hydrogen (secondary N) is 2. The van der Waals surface area contributed by atoms with Gasteiger partial charge in [-0.15, -0.1) is 0 Å². The Kier molecular flexibility index (Phi) is 5.30. The third-order valence-corrected chi connectivity index (χ3v) is 5.60. The monoisotopic (exact) mass is 431 g/mol. The van der Waals surface area contributed by atoms with Gasteiger partial charge in [0.05, 0.1) is 13.2 Å². The predicted molar refractivity (Wildman–Crippen MR) is 121 cm³/mol. The van der Waals surface area contributed by atoms with Crippen LogP contribution in [0.3, 0.4) is 0 Å². The molecule has 2 aromatic heterocycles. The van der Waals surface area contributed by atoms with E-state index >= 15 is 0 Å². The van der Waals surface area contributed by atoms with Crippen LogP contribution in [-0.4, -0.2) is 34.4 Å². The number of phenols is 1. The summed E-state index contributed by atoms with van der Waals surface area (Å²) in [5.74, 6) is 0.907. The van der Waals surface area contributed by atoms with E-state index in [1.807, 2.05) is 35.0 Å². The molecule has 0 bridgehead atoms. The Bertz CT molecular complexity index is 1290. The van der Waals surface area contributed by atoms with Gasteiger partial charge >= 0.3 is 0 Å². The molecule has 3 N–H and O–H groups in total. The maximum Gasteiger partial charge on any atom is 0.164 e. The number of hydrazine groups is 1. The fourth-order valence-corrected chi connectivity index (χ4v) is 3.94. The van der Waals surface area contributed by atoms with Crippen molar-refractivity contribution in [3.63, 3.8) is 0 Å². The van der Waals surface area contributed by atoms with E-state index in [9.17, 15) is 9.50 Å². The molecular weight excluding hydrogens is 409 g/mol. The van der Waals surface area contributed by atoms with Crippen molar-refractivity contribution in [3.05, 3.63) is 78.2 Å². The van der Waals surface area contributed by atoms with Gasteiger partial charge in [-0.1, -0.05) is 18.2 Å². The number of fused-ring (bicyclic) bond motifs is 1. The van der Waals surface area contributed by atoms with Gasteiger partial charge in [0.2, 0.25) is 0 Å². The van der Waals surface area contributed by atoms with Gasteiger partial charge in [0, 0.05) is 30.4 Å². The normalized spacial score (nSPS) is 18.6. The highest BCUT2D eigenvalue weighted by Gasteiger charge is 2.27. The highest BCUT2D eigenvalue weighted by molar-refractivity contribution is 5.79. The van der Waals surface area contributed by atoms with Crippen LogP contribution in [0, 0.1) is 11.7 Å². The summed E-state index contributed by atoms with van der Waals surface area (Å²) in [5.41, 5.74) is 9.63. The molecule has 2 unspecified atom stereocenters. The minimum atomic E-state index is -0.260. The third-order valence-electron chi connectivity index (χ3n) is 5.60. The Morgan fingerprint density at radius 3 is 2.84 bits per heavy atom. The van der Waals surface area contributed by atoms with Crippen LogP contribution in [0.15, 0.2) is 71.9 Å². The lowest BCUT2D eigenvalue weighted by molar-refractivity contribution is 0.373. The number of imidazole rings is 1. The first kappa shape index (κ1) is 20.2. The molecule has 1 fully saturated rings. The third kappa shape index (κ3) is 3.70. The van der Waals surface area contributed by atoms with E-state index in [1.54, 1.807) is 30.3 Å². The van der Waals surface area contributed by atoms with E-state index in [0.717, 1.165) is 16.8 Å². The molecule has 7 nitrogen and oxygen atoms in total. The molecule has 32 heavy (non-hydrogen) atoms. The molecule has 2 aromatic carbocycles. The van der Waals surface area contributed by atoms with Gasteiger partial charge in [0.25, 0.3) is 0 Å². The van der Waals surface area contributed by atoms with Gasteiger partial charge in [-0.25, -0.2) is 19.8 Å². The average Bonchev–Trinajstić information content (AvgIpc) is 3.43.